The van der Waals surface area contributed by atoms with Crippen molar-refractivity contribution in [3.05, 3.63) is 0 Å². The second-order valence-corrected chi connectivity index (χ2v) is 9.83. The van der Waals surface area contributed by atoms with E-state index in [0.717, 1.165) is 12.8 Å². The highest BCUT2D eigenvalue weighted by Gasteiger charge is 2.32. The van der Waals surface area contributed by atoms with Gasteiger partial charge in [-0.3, -0.25) is 4.79 Å². The van der Waals surface area contributed by atoms with Crippen LogP contribution < -0.4 is 0 Å². The van der Waals surface area contributed by atoms with E-state index in [-0.39, 0.29) is 13.2 Å². The third-order valence-corrected chi connectivity index (χ3v) is 6.32. The zero-order valence-electron chi connectivity index (χ0n) is 22.0. The highest BCUT2D eigenvalue weighted by molar-refractivity contribution is 5.66. The Morgan fingerprint density at radius 3 is 1.09 bits per heavy atom. The molecule has 7 N–H and O–H groups in total. The van der Waals surface area contributed by atoms with E-state index in [1.165, 1.54) is 70.6 Å². The van der Waals surface area contributed by atoms with Crippen molar-refractivity contribution in [2.24, 2.45) is 10.8 Å². The molecule has 35 heavy (non-hydrogen) atoms. The largest absolute Gasteiger partial charge is 0.481 e. The van der Waals surface area contributed by atoms with Gasteiger partial charge in [0.05, 0.1) is 63.7 Å². The van der Waals surface area contributed by atoms with Crippen molar-refractivity contribution in [2.45, 2.75) is 96.8 Å². The number of aliphatic hydroxyl groups is 6. The van der Waals surface area contributed by atoms with E-state index in [2.05, 4.69) is 6.92 Å². The number of carboxylic acid groups (broad SMARTS) is 1. The standard InChI is InChI=1S/C16H32O2.C10H22O7/c1-2-3-4-5-6-7-8-9-10-11-12-13-14-15-16(17)18;11-1-9(2-12,3-13)7-17-8-10(4-14,5-15)6-16/h2-15H2,1H3,(H,17,18);11-16H,1-8H2. The van der Waals surface area contributed by atoms with Gasteiger partial charge in [0.2, 0.25) is 0 Å². The van der Waals surface area contributed by atoms with Crippen LogP contribution >= 0.6 is 0 Å². The zero-order valence-corrected chi connectivity index (χ0v) is 22.0. The summed E-state index contributed by atoms with van der Waals surface area (Å²) in [6.07, 6.45) is 17.3. The average Bonchev–Trinajstić information content (AvgIpc) is 2.88. The summed E-state index contributed by atoms with van der Waals surface area (Å²) in [6, 6.07) is 0. The van der Waals surface area contributed by atoms with Crippen molar-refractivity contribution in [1.82, 2.24) is 0 Å². The van der Waals surface area contributed by atoms with Gasteiger partial charge in [-0.15, -0.1) is 0 Å². The van der Waals surface area contributed by atoms with Crippen molar-refractivity contribution in [3.63, 3.8) is 0 Å². The first-order valence-electron chi connectivity index (χ1n) is 13.3. The summed E-state index contributed by atoms with van der Waals surface area (Å²) >= 11 is 0. The Balaban J connectivity index is 0. The van der Waals surface area contributed by atoms with Gasteiger partial charge in [-0.25, -0.2) is 0 Å². The van der Waals surface area contributed by atoms with Crippen LogP contribution in [0.3, 0.4) is 0 Å². The van der Waals surface area contributed by atoms with E-state index in [9.17, 15) is 4.79 Å². The first-order chi connectivity index (χ1) is 16.8. The van der Waals surface area contributed by atoms with Crippen LogP contribution in [0.1, 0.15) is 96.8 Å². The third-order valence-electron chi connectivity index (χ3n) is 6.32. The topological polar surface area (TPSA) is 168 Å². The van der Waals surface area contributed by atoms with Crippen molar-refractivity contribution >= 4 is 5.97 Å². The van der Waals surface area contributed by atoms with Crippen LogP contribution in [0.5, 0.6) is 0 Å². The lowest BCUT2D eigenvalue weighted by atomic mass is 9.91. The predicted molar refractivity (Wildman–Crippen MR) is 136 cm³/mol. The Morgan fingerprint density at radius 1 is 0.543 bits per heavy atom. The fourth-order valence-corrected chi connectivity index (χ4v) is 3.35. The van der Waals surface area contributed by atoms with Crippen molar-refractivity contribution < 1.29 is 45.3 Å². The number of hydrogen-bond donors (Lipinski definition) is 7. The fourth-order valence-electron chi connectivity index (χ4n) is 3.35. The minimum Gasteiger partial charge on any atom is -0.481 e. The van der Waals surface area contributed by atoms with Crippen LogP contribution in [0, 0.1) is 10.8 Å². The van der Waals surface area contributed by atoms with Crippen LogP contribution in [0.15, 0.2) is 0 Å². The van der Waals surface area contributed by atoms with Crippen LogP contribution in [0.2, 0.25) is 0 Å². The molecule has 0 unspecified atom stereocenters. The van der Waals surface area contributed by atoms with Gasteiger partial charge in [0.25, 0.3) is 0 Å². The molecule has 9 nitrogen and oxygen atoms in total. The summed E-state index contributed by atoms with van der Waals surface area (Å²) in [6.45, 7) is -0.745. The number of aliphatic carboxylic acids is 1. The molecule has 0 aliphatic heterocycles. The van der Waals surface area contributed by atoms with Gasteiger partial charge in [-0.2, -0.15) is 0 Å². The molecule has 0 aliphatic rings. The fraction of sp³-hybridized carbons (Fsp3) is 0.962. The third kappa shape index (κ3) is 20.0. The lowest BCUT2D eigenvalue weighted by molar-refractivity contribution is -0.137. The molecule has 0 bridgehead atoms. The number of hydrogen-bond acceptors (Lipinski definition) is 8. The minimum absolute atomic E-state index is 0.141. The van der Waals surface area contributed by atoms with Gasteiger partial charge < -0.3 is 40.5 Å². The summed E-state index contributed by atoms with van der Waals surface area (Å²) in [5.41, 5.74) is -2.32. The Labute approximate surface area is 212 Å². The second kappa shape index (κ2) is 24.9. The van der Waals surface area contributed by atoms with Crippen LogP contribution in [0.4, 0.5) is 0 Å². The summed E-state index contributed by atoms with van der Waals surface area (Å²) in [4.78, 5) is 10.3. The molecule has 0 aromatic heterocycles. The minimum atomic E-state index is -1.16. The molecule has 0 saturated heterocycles. The summed E-state index contributed by atoms with van der Waals surface area (Å²) in [5.74, 6) is -0.655. The number of carbonyl (C=O) groups is 1. The smallest absolute Gasteiger partial charge is 0.303 e. The van der Waals surface area contributed by atoms with Gasteiger partial charge in [0, 0.05) is 6.42 Å². The van der Waals surface area contributed by atoms with Gasteiger partial charge >= 0.3 is 5.97 Å². The highest BCUT2D eigenvalue weighted by atomic mass is 16.5. The van der Waals surface area contributed by atoms with Crippen molar-refractivity contribution in [2.75, 3.05) is 52.9 Å². The molecule has 0 heterocycles. The Hall–Kier alpha value is -0.810. The summed E-state index contributed by atoms with van der Waals surface area (Å²) in [7, 11) is 0. The van der Waals surface area contributed by atoms with Crippen LogP contribution in [0.25, 0.3) is 0 Å². The Morgan fingerprint density at radius 2 is 0.829 bits per heavy atom. The van der Waals surface area contributed by atoms with E-state index < -0.39 is 56.4 Å². The lowest BCUT2D eigenvalue weighted by Gasteiger charge is -2.31. The molecule has 9 heteroatoms. The molecule has 212 valence electrons. The highest BCUT2D eigenvalue weighted by Crippen LogP contribution is 2.20. The predicted octanol–water partition coefficient (Wildman–Crippen LogP) is 2.48. The molecular weight excluding hydrogens is 456 g/mol. The van der Waals surface area contributed by atoms with E-state index in [1.807, 2.05) is 0 Å². The first kappa shape index (κ1) is 36.3. The maximum absolute atomic E-state index is 10.3. The molecule has 0 rings (SSSR count). The van der Waals surface area contributed by atoms with Crippen molar-refractivity contribution in [3.8, 4) is 0 Å². The lowest BCUT2D eigenvalue weighted by Crippen LogP contribution is -2.43. The normalized spacial score (nSPS) is 11.9. The van der Waals surface area contributed by atoms with Gasteiger partial charge in [0.1, 0.15) is 0 Å². The van der Waals surface area contributed by atoms with E-state index in [0.29, 0.717) is 6.42 Å². The maximum atomic E-state index is 10.3. The van der Waals surface area contributed by atoms with E-state index in [4.69, 9.17) is 40.5 Å². The molecule has 0 radical (unpaired) electrons. The molecule has 0 fully saturated rings. The number of rotatable bonds is 24. The Bertz CT molecular complexity index is 416. The molecular formula is C26H54O9. The molecule has 0 aromatic rings. The van der Waals surface area contributed by atoms with E-state index >= 15 is 0 Å². The molecule has 0 amide bonds. The number of aliphatic hydroxyl groups excluding tert-OH is 6. The Kier molecular flexibility index (Phi) is 25.8. The van der Waals surface area contributed by atoms with E-state index in [1.54, 1.807) is 0 Å². The maximum Gasteiger partial charge on any atom is 0.303 e. The van der Waals surface area contributed by atoms with Gasteiger partial charge in [-0.1, -0.05) is 84.0 Å². The summed E-state index contributed by atoms with van der Waals surface area (Å²) in [5, 5.41) is 62.7. The molecule has 0 spiro atoms. The molecule has 0 atom stereocenters. The number of unbranched alkanes of at least 4 members (excludes halogenated alkanes) is 12. The first-order valence-corrected chi connectivity index (χ1v) is 13.3. The van der Waals surface area contributed by atoms with Gasteiger partial charge in [0.15, 0.2) is 0 Å². The number of ether oxygens (including phenoxy) is 1. The van der Waals surface area contributed by atoms with Crippen LogP contribution in [-0.2, 0) is 9.53 Å². The SMILES string of the molecule is CCCCCCCCCCCCCCCC(=O)O.OCC(CO)(CO)COCC(CO)(CO)CO. The molecule has 0 aromatic carbocycles. The zero-order chi connectivity index (χ0) is 26.8. The molecule has 0 saturated carbocycles. The van der Waals surface area contributed by atoms with Gasteiger partial charge in [-0.05, 0) is 6.42 Å². The summed E-state index contributed by atoms with van der Waals surface area (Å²) < 4.78 is 5.15. The van der Waals surface area contributed by atoms with Crippen molar-refractivity contribution in [1.29, 1.82) is 0 Å². The quantitative estimate of drug-likeness (QED) is 0.0965. The monoisotopic (exact) mass is 510 g/mol. The van der Waals surface area contributed by atoms with Crippen LogP contribution in [-0.4, -0.2) is 94.6 Å². The second-order valence-electron chi connectivity index (χ2n) is 9.83. The molecule has 0 aliphatic carbocycles. The average molecular weight is 511 g/mol. The number of carboxylic acids is 1.